The molecule has 0 radical (unpaired) electrons. The van der Waals surface area contributed by atoms with Crippen molar-refractivity contribution in [3.8, 4) is 0 Å². The van der Waals surface area contributed by atoms with Gasteiger partial charge in [-0.3, -0.25) is 4.90 Å². The number of hydrogen-bond acceptors (Lipinski definition) is 4. The molecular formula is C11H19NO4S. The normalized spacial score (nSPS) is 25.5. The number of ether oxygens (including phenoxy) is 1. The van der Waals surface area contributed by atoms with E-state index in [0.717, 1.165) is 0 Å². The molecule has 1 saturated heterocycles. The average Bonchev–Trinajstić information content (AvgIpc) is 2.14. The molecule has 0 aromatic carbocycles. The summed E-state index contributed by atoms with van der Waals surface area (Å²) in [6.07, 6.45) is 0.533. The number of carbonyl (C=O) groups is 2. The zero-order valence-electron chi connectivity index (χ0n) is 10.3. The number of nitrogens with zero attached hydrogens (tertiary/aromatic N) is 1. The maximum atomic E-state index is 11.9. The molecule has 0 saturated carbocycles. The monoisotopic (exact) mass is 261 g/mol. The third kappa shape index (κ3) is 4.11. The third-order valence-corrected chi connectivity index (χ3v) is 2.89. The Morgan fingerprint density at radius 2 is 1.94 bits per heavy atom. The summed E-state index contributed by atoms with van der Waals surface area (Å²) in [5, 5.41) is 9.08. The van der Waals surface area contributed by atoms with Gasteiger partial charge >= 0.3 is 12.1 Å². The van der Waals surface area contributed by atoms with Crippen LogP contribution in [-0.4, -0.2) is 45.5 Å². The Bertz CT molecular complexity index is 313. The van der Waals surface area contributed by atoms with Crippen molar-refractivity contribution in [3.63, 3.8) is 0 Å². The highest BCUT2D eigenvalue weighted by Crippen LogP contribution is 2.23. The van der Waals surface area contributed by atoms with Crippen LogP contribution in [0.1, 0.15) is 33.6 Å². The van der Waals surface area contributed by atoms with E-state index in [1.807, 2.05) is 0 Å². The predicted octanol–water partition coefficient (Wildman–Crippen LogP) is 1.77. The lowest BCUT2D eigenvalue weighted by atomic mass is 10.0. The Kier molecular flexibility index (Phi) is 4.30. The minimum absolute atomic E-state index is 0.0121. The predicted molar refractivity (Wildman–Crippen MR) is 66.4 cm³/mol. The van der Waals surface area contributed by atoms with E-state index in [-0.39, 0.29) is 5.25 Å². The third-order valence-electron chi connectivity index (χ3n) is 2.47. The summed E-state index contributed by atoms with van der Waals surface area (Å²) in [6, 6.07) is -0.798. The lowest BCUT2D eigenvalue weighted by Gasteiger charge is -2.36. The van der Waals surface area contributed by atoms with Crippen LogP contribution in [-0.2, 0) is 9.53 Å². The van der Waals surface area contributed by atoms with E-state index in [1.165, 1.54) is 4.90 Å². The molecule has 1 amide bonds. The number of thiol groups is 1. The average molecular weight is 261 g/mol. The van der Waals surface area contributed by atoms with Crippen LogP contribution >= 0.6 is 12.6 Å². The molecule has 5 nitrogen and oxygen atoms in total. The molecule has 6 heteroatoms. The first-order valence-corrected chi connectivity index (χ1v) is 6.13. The van der Waals surface area contributed by atoms with Gasteiger partial charge in [-0.2, -0.15) is 12.6 Å². The van der Waals surface area contributed by atoms with Crippen molar-refractivity contribution in [1.82, 2.24) is 4.90 Å². The van der Waals surface area contributed by atoms with Crippen LogP contribution < -0.4 is 0 Å². The van der Waals surface area contributed by atoms with Gasteiger partial charge in [-0.15, -0.1) is 0 Å². The number of amides is 1. The maximum absolute atomic E-state index is 11.9. The number of piperidine rings is 1. The summed E-state index contributed by atoms with van der Waals surface area (Å²) in [5.41, 5.74) is -0.621. The number of carboxylic acids is 1. The summed E-state index contributed by atoms with van der Waals surface area (Å²) in [7, 11) is 0. The molecule has 1 heterocycles. The summed E-state index contributed by atoms with van der Waals surface area (Å²) in [4.78, 5) is 24.2. The number of rotatable bonds is 1. The fourth-order valence-corrected chi connectivity index (χ4v) is 2.06. The Labute approximate surface area is 107 Å². The molecule has 2 atom stereocenters. The number of likely N-dealkylation sites (tertiary alicyclic amines) is 1. The van der Waals surface area contributed by atoms with Crippen molar-refractivity contribution < 1.29 is 19.4 Å². The Balaban J connectivity index is 2.75. The fraction of sp³-hybridized carbons (Fsp3) is 0.818. The van der Waals surface area contributed by atoms with Crippen molar-refractivity contribution in [3.05, 3.63) is 0 Å². The molecule has 0 bridgehead atoms. The molecule has 1 fully saturated rings. The van der Waals surface area contributed by atoms with Crippen LogP contribution in [0.3, 0.4) is 0 Å². The van der Waals surface area contributed by atoms with Crippen molar-refractivity contribution in [2.45, 2.75) is 50.5 Å². The minimum atomic E-state index is -0.990. The first-order valence-electron chi connectivity index (χ1n) is 5.61. The Hall–Kier alpha value is -0.910. The smallest absolute Gasteiger partial charge is 0.411 e. The minimum Gasteiger partial charge on any atom is -0.480 e. The summed E-state index contributed by atoms with van der Waals surface area (Å²) in [6.45, 7) is 5.57. The summed E-state index contributed by atoms with van der Waals surface area (Å²) < 4.78 is 5.20. The highest BCUT2D eigenvalue weighted by molar-refractivity contribution is 7.81. The van der Waals surface area contributed by atoms with E-state index >= 15 is 0 Å². The molecule has 98 valence electrons. The van der Waals surface area contributed by atoms with Crippen molar-refractivity contribution in [2.75, 3.05) is 6.54 Å². The quantitative estimate of drug-likeness (QED) is 0.706. The van der Waals surface area contributed by atoms with Gasteiger partial charge in [0, 0.05) is 11.8 Å². The molecule has 1 aliphatic heterocycles. The summed E-state index contributed by atoms with van der Waals surface area (Å²) >= 11 is 4.29. The number of carbonyl (C=O) groups excluding carboxylic acids is 1. The van der Waals surface area contributed by atoms with E-state index in [2.05, 4.69) is 12.6 Å². The van der Waals surface area contributed by atoms with Crippen molar-refractivity contribution in [1.29, 1.82) is 0 Å². The Morgan fingerprint density at radius 3 is 2.41 bits per heavy atom. The van der Waals surface area contributed by atoms with Gasteiger partial charge in [-0.05, 0) is 33.6 Å². The van der Waals surface area contributed by atoms with Crippen LogP contribution in [0.4, 0.5) is 4.79 Å². The second kappa shape index (κ2) is 5.16. The molecule has 0 aromatic heterocycles. The fourth-order valence-electron chi connectivity index (χ4n) is 1.73. The lowest BCUT2D eigenvalue weighted by Crippen LogP contribution is -2.52. The molecule has 17 heavy (non-hydrogen) atoms. The van der Waals surface area contributed by atoms with E-state index < -0.39 is 23.7 Å². The van der Waals surface area contributed by atoms with E-state index in [4.69, 9.17) is 9.84 Å². The topological polar surface area (TPSA) is 66.8 Å². The SMILES string of the molecule is CC(C)(C)OC(=O)N1CC(S)CC[C@@H]1C(=O)O. The molecule has 1 unspecified atom stereocenters. The molecule has 0 aromatic rings. The van der Waals surface area contributed by atoms with Crippen molar-refractivity contribution >= 4 is 24.7 Å². The second-order valence-electron chi connectivity index (χ2n) is 5.22. The largest absolute Gasteiger partial charge is 0.480 e. The number of carboxylic acid groups (broad SMARTS) is 1. The van der Waals surface area contributed by atoms with Gasteiger partial charge in [0.25, 0.3) is 0 Å². The van der Waals surface area contributed by atoms with Crippen LogP contribution in [0.25, 0.3) is 0 Å². The summed E-state index contributed by atoms with van der Waals surface area (Å²) in [5.74, 6) is -0.990. The van der Waals surface area contributed by atoms with Gasteiger partial charge < -0.3 is 9.84 Å². The molecule has 0 aliphatic carbocycles. The van der Waals surface area contributed by atoms with Gasteiger partial charge in [0.15, 0.2) is 0 Å². The van der Waals surface area contributed by atoms with E-state index in [0.29, 0.717) is 19.4 Å². The standard InChI is InChI=1S/C11H19NO4S/c1-11(2,3)16-10(15)12-6-7(17)4-5-8(12)9(13)14/h7-8,17H,4-6H2,1-3H3,(H,13,14)/t7?,8-/m1/s1. The van der Waals surface area contributed by atoms with Gasteiger partial charge in [-0.1, -0.05) is 0 Å². The van der Waals surface area contributed by atoms with E-state index in [1.54, 1.807) is 20.8 Å². The van der Waals surface area contributed by atoms with Crippen LogP contribution in [0.5, 0.6) is 0 Å². The zero-order chi connectivity index (χ0) is 13.2. The van der Waals surface area contributed by atoms with E-state index in [9.17, 15) is 9.59 Å². The second-order valence-corrected chi connectivity index (χ2v) is 5.95. The highest BCUT2D eigenvalue weighted by Gasteiger charge is 2.37. The van der Waals surface area contributed by atoms with Crippen LogP contribution in [0.2, 0.25) is 0 Å². The van der Waals surface area contributed by atoms with Gasteiger partial charge in [0.05, 0.1) is 0 Å². The van der Waals surface area contributed by atoms with Crippen molar-refractivity contribution in [2.24, 2.45) is 0 Å². The van der Waals surface area contributed by atoms with Gasteiger partial charge in [0.1, 0.15) is 11.6 Å². The van der Waals surface area contributed by atoms with Crippen LogP contribution in [0, 0.1) is 0 Å². The molecule has 0 spiro atoms. The molecule has 1 rings (SSSR count). The highest BCUT2D eigenvalue weighted by atomic mass is 32.1. The molecular weight excluding hydrogens is 242 g/mol. The number of aliphatic carboxylic acids is 1. The van der Waals surface area contributed by atoms with Crippen LogP contribution in [0.15, 0.2) is 0 Å². The first-order chi connectivity index (χ1) is 7.70. The van der Waals surface area contributed by atoms with Gasteiger partial charge in [-0.25, -0.2) is 9.59 Å². The Morgan fingerprint density at radius 1 is 1.35 bits per heavy atom. The number of hydrogen-bond donors (Lipinski definition) is 2. The maximum Gasteiger partial charge on any atom is 0.411 e. The zero-order valence-corrected chi connectivity index (χ0v) is 11.2. The lowest BCUT2D eigenvalue weighted by molar-refractivity contribution is -0.144. The molecule has 1 N–H and O–H groups in total. The molecule has 1 aliphatic rings. The van der Waals surface area contributed by atoms with Gasteiger partial charge in [0.2, 0.25) is 0 Å². The first kappa shape index (κ1) is 14.2.